The summed E-state index contributed by atoms with van der Waals surface area (Å²) in [5.41, 5.74) is 0.108. The Labute approximate surface area is 168 Å². The molecule has 137 valence electrons. The van der Waals surface area contributed by atoms with Crippen molar-refractivity contribution in [3.8, 4) is 0 Å². The van der Waals surface area contributed by atoms with Gasteiger partial charge in [-0.15, -0.1) is 0 Å². The van der Waals surface area contributed by atoms with E-state index in [9.17, 15) is 22.0 Å². The number of nitrogens with one attached hydrogen (secondary N) is 1. The van der Waals surface area contributed by atoms with Gasteiger partial charge in [-0.2, -0.15) is 0 Å². The molecular weight excluding hydrogens is 487 g/mol. The number of carbonyl (C=O) groups excluding carboxylic acids is 1. The van der Waals surface area contributed by atoms with Crippen molar-refractivity contribution in [2.75, 3.05) is 5.32 Å². The predicted octanol–water partition coefficient (Wildman–Crippen LogP) is 4.45. The Morgan fingerprint density at radius 2 is 1.70 bits per heavy atom. The van der Waals surface area contributed by atoms with Gasteiger partial charge in [0, 0.05) is 15.3 Å². The predicted molar refractivity (Wildman–Crippen MR) is 104 cm³/mol. The van der Waals surface area contributed by atoms with Gasteiger partial charge < -0.3 is 5.32 Å². The highest BCUT2D eigenvalue weighted by molar-refractivity contribution is 14.1. The minimum absolute atomic E-state index is 0.227. The molecule has 3 aromatic carbocycles. The quantitative estimate of drug-likeness (QED) is 0.541. The van der Waals surface area contributed by atoms with Crippen LogP contribution < -0.4 is 5.32 Å². The first-order valence-corrected chi connectivity index (χ1v) is 10.1. The fraction of sp³-hybridized carbons (Fsp3) is 0. The molecule has 1 N–H and O–H groups in total. The van der Waals surface area contributed by atoms with E-state index in [2.05, 4.69) is 11.4 Å². The molecule has 0 aliphatic heterocycles. The number of amides is 1. The fourth-order valence-corrected chi connectivity index (χ4v) is 4.72. The molecule has 1 amide bonds. The summed E-state index contributed by atoms with van der Waals surface area (Å²) >= 11 is 1.86. The summed E-state index contributed by atoms with van der Waals surface area (Å²) < 4.78 is 54.5. The zero-order valence-corrected chi connectivity index (χ0v) is 16.5. The van der Waals surface area contributed by atoms with Gasteiger partial charge in [-0.05, 0) is 59.0 Å². The summed E-state index contributed by atoms with van der Waals surface area (Å²) in [7, 11) is -4.62. The average molecular weight is 498 g/mol. The molecule has 0 saturated carbocycles. The third-order valence-corrected chi connectivity index (χ3v) is 6.14. The van der Waals surface area contributed by atoms with E-state index in [0.717, 1.165) is 18.2 Å². The van der Waals surface area contributed by atoms with E-state index >= 15 is 0 Å². The van der Waals surface area contributed by atoms with Crippen molar-refractivity contribution in [1.82, 2.24) is 0 Å². The number of hydrogen-bond donors (Lipinski definition) is 1. The molecule has 0 atom stereocenters. The number of rotatable bonds is 4. The van der Waals surface area contributed by atoms with Gasteiger partial charge in [0.2, 0.25) is 9.84 Å². The summed E-state index contributed by atoms with van der Waals surface area (Å²) in [5.74, 6) is -3.18. The van der Waals surface area contributed by atoms with Crippen LogP contribution in [-0.4, -0.2) is 14.3 Å². The van der Waals surface area contributed by atoms with Crippen LogP contribution in [0.25, 0.3) is 0 Å². The van der Waals surface area contributed by atoms with Gasteiger partial charge in [-0.1, -0.05) is 24.3 Å². The molecule has 0 bridgehead atoms. The monoisotopic (exact) mass is 498 g/mol. The lowest BCUT2D eigenvalue weighted by atomic mass is 10.2. The van der Waals surface area contributed by atoms with E-state index < -0.39 is 37.2 Å². The van der Waals surface area contributed by atoms with E-state index in [0.29, 0.717) is 9.26 Å². The highest BCUT2D eigenvalue weighted by Gasteiger charge is 2.30. The van der Waals surface area contributed by atoms with Crippen LogP contribution in [0.5, 0.6) is 0 Å². The highest BCUT2D eigenvalue weighted by atomic mass is 127. The van der Waals surface area contributed by atoms with Crippen LogP contribution in [-0.2, 0) is 9.84 Å². The number of halogens is 3. The molecular formula is C19H11F2INO3S. The number of hydrogen-bond acceptors (Lipinski definition) is 3. The normalized spacial score (nSPS) is 11.2. The molecule has 0 heterocycles. The Balaban J connectivity index is 2.13. The smallest absolute Gasteiger partial charge is 0.257 e. The molecule has 0 aliphatic rings. The first-order valence-electron chi connectivity index (χ1n) is 7.57. The van der Waals surface area contributed by atoms with Crippen molar-refractivity contribution >= 4 is 44.0 Å². The number of carbonyl (C=O) groups is 1. The molecule has 0 unspecified atom stereocenters. The van der Waals surface area contributed by atoms with Gasteiger partial charge in [0.05, 0.1) is 10.5 Å². The third-order valence-electron chi connectivity index (χ3n) is 3.62. The van der Waals surface area contributed by atoms with Crippen LogP contribution in [0.3, 0.4) is 0 Å². The van der Waals surface area contributed by atoms with Gasteiger partial charge in [0.1, 0.15) is 16.5 Å². The number of sulfone groups is 1. The topological polar surface area (TPSA) is 63.2 Å². The summed E-state index contributed by atoms with van der Waals surface area (Å²) in [4.78, 5) is 11.0. The molecule has 0 aromatic heterocycles. The van der Waals surface area contributed by atoms with Crippen LogP contribution >= 0.6 is 22.6 Å². The molecule has 0 fully saturated rings. The molecule has 8 heteroatoms. The van der Waals surface area contributed by atoms with E-state index in [1.807, 2.05) is 22.6 Å². The molecule has 1 radical (unpaired) electrons. The van der Waals surface area contributed by atoms with E-state index in [4.69, 9.17) is 0 Å². The van der Waals surface area contributed by atoms with Crippen molar-refractivity contribution in [1.29, 1.82) is 0 Å². The largest absolute Gasteiger partial charge is 0.321 e. The second-order valence-electron chi connectivity index (χ2n) is 5.43. The summed E-state index contributed by atoms with van der Waals surface area (Å²) in [6.45, 7) is 0. The first-order chi connectivity index (χ1) is 12.8. The molecule has 3 rings (SSSR count). The number of para-hydroxylation sites is 1. The minimum Gasteiger partial charge on any atom is -0.321 e. The van der Waals surface area contributed by atoms with Crippen molar-refractivity contribution < 1.29 is 22.0 Å². The maximum Gasteiger partial charge on any atom is 0.257 e. The van der Waals surface area contributed by atoms with Gasteiger partial charge in [-0.25, -0.2) is 17.2 Å². The van der Waals surface area contributed by atoms with Crippen LogP contribution in [0.15, 0.2) is 70.5 Å². The average Bonchev–Trinajstić information content (AvgIpc) is 2.62. The Morgan fingerprint density at radius 3 is 2.33 bits per heavy atom. The lowest BCUT2D eigenvalue weighted by Gasteiger charge is -2.13. The highest BCUT2D eigenvalue weighted by Crippen LogP contribution is 2.30. The van der Waals surface area contributed by atoms with Crippen molar-refractivity contribution in [2.24, 2.45) is 0 Å². The second-order valence-corrected chi connectivity index (χ2v) is 8.53. The molecule has 0 spiro atoms. The number of anilines is 1. The molecule has 3 aromatic rings. The Kier molecular flexibility index (Phi) is 5.56. The lowest BCUT2D eigenvalue weighted by molar-refractivity contribution is 0.102. The Hall–Kier alpha value is -2.33. The standard InChI is InChI=1S/C19H11F2INO3S/c20-15-7-4-8-16(21)18(15)27(25,26)17-11-12(22)9-10-14(17)19(24)23-13-5-2-1-3-6-13/h1-5,7-11H,(H,23,24). The maximum absolute atomic E-state index is 14.1. The lowest BCUT2D eigenvalue weighted by Crippen LogP contribution is -2.18. The molecule has 0 saturated heterocycles. The van der Waals surface area contributed by atoms with E-state index in [1.54, 1.807) is 24.3 Å². The van der Waals surface area contributed by atoms with Crippen molar-refractivity contribution in [2.45, 2.75) is 9.79 Å². The second kappa shape index (κ2) is 7.73. The Morgan fingerprint density at radius 1 is 1.00 bits per heavy atom. The van der Waals surface area contributed by atoms with Gasteiger partial charge >= 0.3 is 0 Å². The SMILES string of the molecule is O=C(Nc1[c]cccc1)c1ccc(I)cc1S(=O)(=O)c1c(F)cccc1F. The van der Waals surface area contributed by atoms with Crippen molar-refractivity contribution in [3.05, 3.63) is 87.5 Å². The van der Waals surface area contributed by atoms with Gasteiger partial charge in [0.25, 0.3) is 5.91 Å². The summed E-state index contributed by atoms with van der Waals surface area (Å²) in [6.07, 6.45) is 0. The van der Waals surface area contributed by atoms with Gasteiger partial charge in [-0.3, -0.25) is 4.79 Å². The summed E-state index contributed by atoms with van der Waals surface area (Å²) in [5, 5.41) is 2.52. The zero-order chi connectivity index (χ0) is 19.6. The van der Waals surface area contributed by atoms with Crippen LogP contribution in [0.4, 0.5) is 14.5 Å². The number of benzene rings is 3. The van der Waals surface area contributed by atoms with Crippen LogP contribution in [0.2, 0.25) is 0 Å². The van der Waals surface area contributed by atoms with Crippen molar-refractivity contribution in [3.63, 3.8) is 0 Å². The third kappa shape index (κ3) is 4.01. The zero-order valence-electron chi connectivity index (χ0n) is 13.5. The molecule has 4 nitrogen and oxygen atoms in total. The van der Waals surface area contributed by atoms with Crippen LogP contribution in [0.1, 0.15) is 10.4 Å². The van der Waals surface area contributed by atoms with E-state index in [-0.39, 0.29) is 5.56 Å². The molecule has 0 aliphatic carbocycles. The fourth-order valence-electron chi connectivity index (χ4n) is 2.42. The molecule has 27 heavy (non-hydrogen) atoms. The van der Waals surface area contributed by atoms with E-state index in [1.165, 1.54) is 18.2 Å². The van der Waals surface area contributed by atoms with Crippen LogP contribution in [0, 0.1) is 21.3 Å². The first kappa shape index (κ1) is 19.4. The summed E-state index contributed by atoms with van der Waals surface area (Å²) in [6, 6.07) is 16.1. The minimum atomic E-state index is -4.62. The van der Waals surface area contributed by atoms with Gasteiger partial charge in [0.15, 0.2) is 0 Å². The Bertz CT molecular complexity index is 1100. The maximum atomic E-state index is 14.1.